The molecule has 1 N–H and O–H groups in total. The second-order valence-corrected chi connectivity index (χ2v) is 5.76. The Bertz CT molecular complexity index is 899. The molecule has 0 atom stereocenters. The van der Waals surface area contributed by atoms with Crippen LogP contribution in [0.4, 0.5) is 5.69 Å². The second kappa shape index (κ2) is 5.85. The van der Waals surface area contributed by atoms with Gasteiger partial charge in [-0.3, -0.25) is 0 Å². The SMILES string of the molecule is Cc1cc2oc(=O)cc(CNc3ccccc3C)c2cc1Cl. The van der Waals surface area contributed by atoms with Gasteiger partial charge in [-0.25, -0.2) is 4.79 Å². The molecule has 0 saturated carbocycles. The van der Waals surface area contributed by atoms with E-state index in [2.05, 4.69) is 5.32 Å². The molecular weight excluding hydrogens is 298 g/mol. The predicted octanol–water partition coefficient (Wildman–Crippen LogP) is 4.68. The first-order valence-corrected chi connectivity index (χ1v) is 7.45. The molecule has 0 fully saturated rings. The van der Waals surface area contributed by atoms with Gasteiger partial charge in [0.1, 0.15) is 5.58 Å². The number of nitrogens with one attached hydrogen (secondary N) is 1. The van der Waals surface area contributed by atoms with Crippen molar-refractivity contribution in [2.75, 3.05) is 5.32 Å². The number of fused-ring (bicyclic) bond motifs is 1. The van der Waals surface area contributed by atoms with Gasteiger partial charge in [-0.05, 0) is 48.7 Å². The third-order valence-electron chi connectivity index (χ3n) is 3.72. The van der Waals surface area contributed by atoms with Gasteiger partial charge in [0.15, 0.2) is 0 Å². The van der Waals surface area contributed by atoms with Crippen LogP contribution in [0.25, 0.3) is 11.0 Å². The van der Waals surface area contributed by atoms with Crippen molar-refractivity contribution < 1.29 is 4.42 Å². The first kappa shape index (κ1) is 14.7. The molecule has 0 aliphatic heterocycles. The second-order valence-electron chi connectivity index (χ2n) is 5.36. The molecule has 3 nitrogen and oxygen atoms in total. The Labute approximate surface area is 133 Å². The Kier molecular flexibility index (Phi) is 3.90. The smallest absolute Gasteiger partial charge is 0.336 e. The van der Waals surface area contributed by atoms with Gasteiger partial charge < -0.3 is 9.73 Å². The van der Waals surface area contributed by atoms with Gasteiger partial charge in [0.25, 0.3) is 0 Å². The molecule has 0 bridgehead atoms. The molecule has 0 radical (unpaired) electrons. The van der Waals surface area contributed by atoms with Gasteiger partial charge in [0, 0.05) is 28.7 Å². The molecule has 0 spiro atoms. The van der Waals surface area contributed by atoms with E-state index in [0.29, 0.717) is 17.2 Å². The highest BCUT2D eigenvalue weighted by molar-refractivity contribution is 6.32. The van der Waals surface area contributed by atoms with E-state index in [9.17, 15) is 4.79 Å². The Morgan fingerprint density at radius 2 is 1.86 bits per heavy atom. The van der Waals surface area contributed by atoms with E-state index in [1.807, 2.05) is 44.2 Å². The van der Waals surface area contributed by atoms with Gasteiger partial charge in [0.05, 0.1) is 0 Å². The van der Waals surface area contributed by atoms with Gasteiger partial charge >= 0.3 is 5.63 Å². The van der Waals surface area contributed by atoms with Crippen LogP contribution in [0.15, 0.2) is 51.7 Å². The molecule has 1 aromatic heterocycles. The van der Waals surface area contributed by atoms with E-state index >= 15 is 0 Å². The molecule has 0 unspecified atom stereocenters. The van der Waals surface area contributed by atoms with Crippen LogP contribution in [0, 0.1) is 13.8 Å². The number of hydrogen-bond acceptors (Lipinski definition) is 3. The largest absolute Gasteiger partial charge is 0.423 e. The number of benzene rings is 2. The van der Waals surface area contributed by atoms with Crippen LogP contribution < -0.4 is 10.9 Å². The van der Waals surface area contributed by atoms with Crippen molar-refractivity contribution in [1.82, 2.24) is 0 Å². The highest BCUT2D eigenvalue weighted by Gasteiger charge is 2.09. The van der Waals surface area contributed by atoms with E-state index in [1.165, 1.54) is 6.07 Å². The number of anilines is 1. The van der Waals surface area contributed by atoms with Crippen molar-refractivity contribution >= 4 is 28.3 Å². The maximum atomic E-state index is 11.8. The Balaban J connectivity index is 2.01. The lowest BCUT2D eigenvalue weighted by molar-refractivity contribution is 0.559. The number of halogens is 1. The Morgan fingerprint density at radius 1 is 1.09 bits per heavy atom. The summed E-state index contributed by atoms with van der Waals surface area (Å²) in [5.74, 6) is 0. The van der Waals surface area contributed by atoms with E-state index < -0.39 is 0 Å². The highest BCUT2D eigenvalue weighted by Crippen LogP contribution is 2.26. The lowest BCUT2D eigenvalue weighted by atomic mass is 10.1. The third kappa shape index (κ3) is 2.85. The van der Waals surface area contributed by atoms with Crippen molar-refractivity contribution in [3.05, 3.63) is 74.6 Å². The first-order valence-electron chi connectivity index (χ1n) is 7.07. The number of hydrogen-bond donors (Lipinski definition) is 1. The molecule has 0 aliphatic rings. The molecular formula is C18H16ClNO2. The predicted molar refractivity (Wildman–Crippen MR) is 90.7 cm³/mol. The van der Waals surface area contributed by atoms with Crippen LogP contribution in [0.2, 0.25) is 5.02 Å². The minimum atomic E-state index is -0.351. The molecule has 0 amide bonds. The van der Waals surface area contributed by atoms with Crippen LogP contribution in [0.1, 0.15) is 16.7 Å². The zero-order valence-electron chi connectivity index (χ0n) is 12.4. The fraction of sp³-hybridized carbons (Fsp3) is 0.167. The zero-order valence-corrected chi connectivity index (χ0v) is 13.2. The summed E-state index contributed by atoms with van der Waals surface area (Å²) in [4.78, 5) is 11.8. The van der Waals surface area contributed by atoms with E-state index in [4.69, 9.17) is 16.0 Å². The molecule has 4 heteroatoms. The van der Waals surface area contributed by atoms with Gasteiger partial charge in [-0.2, -0.15) is 0 Å². The van der Waals surface area contributed by atoms with Crippen molar-refractivity contribution in [2.45, 2.75) is 20.4 Å². The lowest BCUT2D eigenvalue weighted by Gasteiger charge is -2.11. The molecule has 112 valence electrons. The van der Waals surface area contributed by atoms with Crippen molar-refractivity contribution in [2.24, 2.45) is 0 Å². The Morgan fingerprint density at radius 3 is 2.64 bits per heavy atom. The van der Waals surface area contributed by atoms with Crippen molar-refractivity contribution in [1.29, 1.82) is 0 Å². The summed E-state index contributed by atoms with van der Waals surface area (Å²) in [6.07, 6.45) is 0. The van der Waals surface area contributed by atoms with Crippen LogP contribution in [0.3, 0.4) is 0 Å². The van der Waals surface area contributed by atoms with Gasteiger partial charge in [-0.15, -0.1) is 0 Å². The van der Waals surface area contributed by atoms with Crippen molar-refractivity contribution in [3.8, 4) is 0 Å². The van der Waals surface area contributed by atoms with Crippen LogP contribution in [0.5, 0.6) is 0 Å². The number of aryl methyl sites for hydroxylation is 2. The van der Waals surface area contributed by atoms with E-state index in [0.717, 1.165) is 27.8 Å². The quantitative estimate of drug-likeness (QED) is 0.714. The summed E-state index contributed by atoms with van der Waals surface area (Å²) in [5, 5.41) is 4.88. The summed E-state index contributed by atoms with van der Waals surface area (Å²) in [6.45, 7) is 4.46. The fourth-order valence-electron chi connectivity index (χ4n) is 2.46. The molecule has 3 aromatic rings. The Hall–Kier alpha value is -2.26. The average molecular weight is 314 g/mol. The maximum Gasteiger partial charge on any atom is 0.336 e. The van der Waals surface area contributed by atoms with Crippen LogP contribution in [-0.2, 0) is 6.54 Å². The van der Waals surface area contributed by atoms with Gasteiger partial charge in [-0.1, -0.05) is 29.8 Å². The number of rotatable bonds is 3. The topological polar surface area (TPSA) is 42.2 Å². The zero-order chi connectivity index (χ0) is 15.7. The molecule has 0 saturated heterocycles. The van der Waals surface area contributed by atoms with Gasteiger partial charge in [0.2, 0.25) is 0 Å². The summed E-state index contributed by atoms with van der Waals surface area (Å²) in [6, 6.07) is 13.2. The monoisotopic (exact) mass is 313 g/mol. The normalized spacial score (nSPS) is 10.9. The standard InChI is InChI=1S/C18H16ClNO2/c1-11-5-3-4-6-16(11)20-10-13-8-18(21)22-17-7-12(2)15(19)9-14(13)17/h3-9,20H,10H2,1-2H3. The minimum absolute atomic E-state index is 0.351. The van der Waals surface area contributed by atoms with E-state index in [-0.39, 0.29) is 5.63 Å². The lowest BCUT2D eigenvalue weighted by Crippen LogP contribution is -2.06. The summed E-state index contributed by atoms with van der Waals surface area (Å²) >= 11 is 6.20. The summed E-state index contributed by atoms with van der Waals surface area (Å²) in [7, 11) is 0. The molecule has 1 heterocycles. The minimum Gasteiger partial charge on any atom is -0.423 e. The number of para-hydroxylation sites is 1. The molecule has 2 aromatic carbocycles. The van der Waals surface area contributed by atoms with Crippen LogP contribution >= 0.6 is 11.6 Å². The first-order chi connectivity index (χ1) is 10.5. The average Bonchev–Trinajstić information content (AvgIpc) is 2.48. The summed E-state index contributed by atoms with van der Waals surface area (Å²) < 4.78 is 5.27. The van der Waals surface area contributed by atoms with Crippen LogP contribution in [-0.4, -0.2) is 0 Å². The molecule has 22 heavy (non-hydrogen) atoms. The summed E-state index contributed by atoms with van der Waals surface area (Å²) in [5.41, 5.74) is 4.18. The molecule has 3 rings (SSSR count). The third-order valence-corrected chi connectivity index (χ3v) is 4.13. The molecule has 0 aliphatic carbocycles. The highest BCUT2D eigenvalue weighted by atomic mass is 35.5. The fourth-order valence-corrected chi connectivity index (χ4v) is 2.62. The maximum absolute atomic E-state index is 11.8. The van der Waals surface area contributed by atoms with E-state index in [1.54, 1.807) is 6.07 Å². The van der Waals surface area contributed by atoms with Crippen molar-refractivity contribution in [3.63, 3.8) is 0 Å².